The van der Waals surface area contributed by atoms with E-state index < -0.39 is 5.54 Å². The Hall–Kier alpha value is -0.980. The lowest BCUT2D eigenvalue weighted by molar-refractivity contribution is 0.0842. The number of carbonyl (C=O) groups excluding carboxylic acids is 1. The summed E-state index contributed by atoms with van der Waals surface area (Å²) in [4.78, 5) is 17.2. The number of hydrogen-bond acceptors (Lipinski definition) is 5. The van der Waals surface area contributed by atoms with Crippen LogP contribution in [0.1, 0.15) is 59.3 Å². The molecule has 1 atom stereocenters. The van der Waals surface area contributed by atoms with Gasteiger partial charge in [0, 0.05) is 6.61 Å². The highest BCUT2D eigenvalue weighted by atomic mass is 32.1. The van der Waals surface area contributed by atoms with Crippen molar-refractivity contribution in [1.82, 2.24) is 10.3 Å². The second-order valence-corrected chi connectivity index (χ2v) is 6.73. The zero-order valence-corrected chi connectivity index (χ0v) is 12.2. The normalized spacial score (nSPS) is 24.9. The highest BCUT2D eigenvalue weighted by Gasteiger charge is 2.35. The van der Waals surface area contributed by atoms with E-state index in [0.717, 1.165) is 50.1 Å². The van der Waals surface area contributed by atoms with Gasteiger partial charge < -0.3 is 15.2 Å². The summed E-state index contributed by atoms with van der Waals surface area (Å²) in [5.74, 6) is -0.123. The van der Waals surface area contributed by atoms with Gasteiger partial charge >= 0.3 is 0 Å². The molecule has 2 heterocycles. The van der Waals surface area contributed by atoms with Gasteiger partial charge in [-0.15, -0.1) is 11.3 Å². The lowest BCUT2D eigenvalue weighted by Crippen LogP contribution is -2.49. The summed E-state index contributed by atoms with van der Waals surface area (Å²) in [6.07, 6.45) is 7.54. The molecule has 1 aliphatic carbocycles. The molecule has 110 valence electrons. The fourth-order valence-corrected chi connectivity index (χ4v) is 3.89. The quantitative estimate of drug-likeness (QED) is 0.892. The minimum absolute atomic E-state index is 0.0101. The van der Waals surface area contributed by atoms with Crippen LogP contribution in [-0.4, -0.2) is 34.8 Å². The number of aliphatic hydroxyl groups is 1. The Labute approximate surface area is 122 Å². The molecule has 5 nitrogen and oxygen atoms in total. The molecule has 6 heteroatoms. The average Bonchev–Trinajstić information content (AvgIpc) is 3.19. The molecule has 2 fully saturated rings. The van der Waals surface area contributed by atoms with E-state index in [1.54, 1.807) is 6.20 Å². The number of aliphatic hydroxyl groups excluding tert-OH is 1. The van der Waals surface area contributed by atoms with Gasteiger partial charge in [-0.1, -0.05) is 12.8 Å². The molecule has 1 unspecified atom stereocenters. The van der Waals surface area contributed by atoms with E-state index in [0.29, 0.717) is 4.88 Å². The number of carbonyl (C=O) groups is 1. The van der Waals surface area contributed by atoms with Crippen LogP contribution in [0, 0.1) is 0 Å². The third-order valence-electron chi connectivity index (χ3n) is 4.19. The van der Waals surface area contributed by atoms with E-state index in [-0.39, 0.29) is 18.6 Å². The van der Waals surface area contributed by atoms with Gasteiger partial charge in [0.1, 0.15) is 16.0 Å². The molecular weight excluding hydrogens is 276 g/mol. The maximum atomic E-state index is 12.3. The molecule has 3 rings (SSSR count). The second-order valence-electron chi connectivity index (χ2n) is 5.66. The summed E-state index contributed by atoms with van der Waals surface area (Å²) in [6.45, 7) is 0.787. The molecule has 0 spiro atoms. The molecule has 1 saturated heterocycles. The van der Waals surface area contributed by atoms with Crippen molar-refractivity contribution in [1.29, 1.82) is 0 Å². The maximum Gasteiger partial charge on any atom is 0.263 e. The van der Waals surface area contributed by atoms with Crippen LogP contribution in [0.3, 0.4) is 0 Å². The summed E-state index contributed by atoms with van der Waals surface area (Å²) in [7, 11) is 0. The SMILES string of the molecule is O=C(NC1(CO)CCCC1)c1cnc(C2CCCO2)s1. The van der Waals surface area contributed by atoms with Crippen molar-refractivity contribution in [2.75, 3.05) is 13.2 Å². The molecule has 1 aliphatic heterocycles. The van der Waals surface area contributed by atoms with Crippen LogP contribution in [0.4, 0.5) is 0 Å². The lowest BCUT2D eigenvalue weighted by Gasteiger charge is -2.27. The van der Waals surface area contributed by atoms with Crippen molar-refractivity contribution in [2.45, 2.75) is 50.2 Å². The maximum absolute atomic E-state index is 12.3. The molecule has 2 N–H and O–H groups in total. The number of aromatic nitrogens is 1. The number of nitrogens with one attached hydrogen (secondary N) is 1. The van der Waals surface area contributed by atoms with Gasteiger partial charge in [0.2, 0.25) is 0 Å². The van der Waals surface area contributed by atoms with Crippen molar-refractivity contribution in [3.8, 4) is 0 Å². The minimum atomic E-state index is -0.426. The van der Waals surface area contributed by atoms with E-state index >= 15 is 0 Å². The summed E-state index contributed by atoms with van der Waals surface area (Å²) in [5, 5.41) is 13.4. The van der Waals surface area contributed by atoms with Gasteiger partial charge in [-0.2, -0.15) is 0 Å². The standard InChI is InChI=1S/C14H20N2O3S/c17-9-14(5-1-2-6-14)16-12(18)11-8-15-13(20-11)10-4-3-7-19-10/h8,10,17H,1-7,9H2,(H,16,18). The summed E-state index contributed by atoms with van der Waals surface area (Å²) in [5.41, 5.74) is -0.426. The Morgan fingerprint density at radius 1 is 1.50 bits per heavy atom. The Bertz CT molecular complexity index is 477. The summed E-state index contributed by atoms with van der Waals surface area (Å²) < 4.78 is 5.58. The third kappa shape index (κ3) is 2.73. The van der Waals surface area contributed by atoms with E-state index in [1.165, 1.54) is 11.3 Å². The Kier molecular flexibility index (Phi) is 4.05. The Balaban J connectivity index is 1.67. The average molecular weight is 296 g/mol. The van der Waals surface area contributed by atoms with Crippen LogP contribution >= 0.6 is 11.3 Å². The predicted molar refractivity (Wildman–Crippen MR) is 75.8 cm³/mol. The number of hydrogen-bond donors (Lipinski definition) is 2. The van der Waals surface area contributed by atoms with E-state index in [2.05, 4.69) is 10.3 Å². The smallest absolute Gasteiger partial charge is 0.263 e. The lowest BCUT2D eigenvalue weighted by atomic mass is 9.99. The topological polar surface area (TPSA) is 71.5 Å². The highest BCUT2D eigenvalue weighted by molar-refractivity contribution is 7.13. The minimum Gasteiger partial charge on any atom is -0.394 e. The number of ether oxygens (including phenoxy) is 1. The monoisotopic (exact) mass is 296 g/mol. The van der Waals surface area contributed by atoms with Gasteiger partial charge in [-0.3, -0.25) is 4.79 Å². The molecule has 0 radical (unpaired) electrons. The van der Waals surface area contributed by atoms with Crippen molar-refractivity contribution in [3.63, 3.8) is 0 Å². The van der Waals surface area contributed by atoms with E-state index in [9.17, 15) is 9.90 Å². The summed E-state index contributed by atoms with van der Waals surface area (Å²) >= 11 is 1.40. The molecule has 0 aromatic carbocycles. The van der Waals surface area contributed by atoms with Crippen molar-refractivity contribution < 1.29 is 14.6 Å². The Morgan fingerprint density at radius 2 is 2.30 bits per heavy atom. The van der Waals surface area contributed by atoms with Gasteiger partial charge in [-0.05, 0) is 25.7 Å². The second kappa shape index (κ2) is 5.79. The van der Waals surface area contributed by atoms with Gasteiger partial charge in [0.05, 0.1) is 18.3 Å². The van der Waals surface area contributed by atoms with Crippen LogP contribution < -0.4 is 5.32 Å². The van der Waals surface area contributed by atoms with Crippen LogP contribution in [0.15, 0.2) is 6.20 Å². The van der Waals surface area contributed by atoms with Crippen molar-refractivity contribution in [3.05, 3.63) is 16.1 Å². The predicted octanol–water partition coefficient (Wildman–Crippen LogP) is 2.03. The van der Waals surface area contributed by atoms with Crippen LogP contribution in [-0.2, 0) is 4.74 Å². The fraction of sp³-hybridized carbons (Fsp3) is 0.714. The van der Waals surface area contributed by atoms with E-state index in [4.69, 9.17) is 4.74 Å². The zero-order valence-electron chi connectivity index (χ0n) is 11.4. The first-order valence-corrected chi connectivity index (χ1v) is 8.05. The van der Waals surface area contributed by atoms with Crippen LogP contribution in [0.25, 0.3) is 0 Å². The first kappa shape index (κ1) is 14.0. The van der Waals surface area contributed by atoms with Crippen LogP contribution in [0.5, 0.6) is 0 Å². The zero-order chi connectivity index (χ0) is 14.0. The molecule has 1 amide bonds. The molecule has 0 bridgehead atoms. The van der Waals surface area contributed by atoms with Gasteiger partial charge in [-0.25, -0.2) is 4.98 Å². The first-order chi connectivity index (χ1) is 9.72. The molecule has 1 aromatic heterocycles. The summed E-state index contributed by atoms with van der Waals surface area (Å²) in [6, 6.07) is 0. The molecule has 20 heavy (non-hydrogen) atoms. The first-order valence-electron chi connectivity index (χ1n) is 7.23. The molecule has 1 saturated carbocycles. The van der Waals surface area contributed by atoms with E-state index in [1.807, 2.05) is 0 Å². The largest absolute Gasteiger partial charge is 0.394 e. The highest BCUT2D eigenvalue weighted by Crippen LogP contribution is 2.33. The van der Waals surface area contributed by atoms with Gasteiger partial charge in [0.25, 0.3) is 5.91 Å². The number of amides is 1. The number of rotatable bonds is 4. The Morgan fingerprint density at radius 3 is 2.95 bits per heavy atom. The fourth-order valence-electron chi connectivity index (χ4n) is 2.99. The third-order valence-corrected chi connectivity index (χ3v) is 5.28. The molecular formula is C14H20N2O3S. The van der Waals surface area contributed by atoms with Crippen molar-refractivity contribution >= 4 is 17.2 Å². The van der Waals surface area contributed by atoms with Crippen molar-refractivity contribution in [2.24, 2.45) is 0 Å². The number of nitrogens with zero attached hydrogens (tertiary/aromatic N) is 1. The molecule has 2 aliphatic rings. The molecule has 1 aromatic rings. The number of thiazole rings is 1. The van der Waals surface area contributed by atoms with Gasteiger partial charge in [0.15, 0.2) is 0 Å². The van der Waals surface area contributed by atoms with Crippen LogP contribution in [0.2, 0.25) is 0 Å².